The standard InChI is InChI=1S/C11H7FN2S/c12-11-5-9(2-1-8(11)6-13)14-10-3-4-15-7-10/h1-5,7,14H. The summed E-state index contributed by atoms with van der Waals surface area (Å²) in [4.78, 5) is 0. The molecule has 0 atom stereocenters. The van der Waals surface area contributed by atoms with E-state index in [1.165, 1.54) is 12.1 Å². The summed E-state index contributed by atoms with van der Waals surface area (Å²) in [5, 5.41) is 15.5. The maximum atomic E-state index is 13.2. The fourth-order valence-electron chi connectivity index (χ4n) is 1.19. The molecule has 0 unspecified atom stereocenters. The molecule has 2 aromatic rings. The van der Waals surface area contributed by atoms with E-state index in [-0.39, 0.29) is 5.56 Å². The van der Waals surface area contributed by atoms with Gasteiger partial charge >= 0.3 is 0 Å². The van der Waals surface area contributed by atoms with E-state index >= 15 is 0 Å². The first-order valence-corrected chi connectivity index (χ1v) is 5.23. The van der Waals surface area contributed by atoms with Crippen molar-refractivity contribution in [3.05, 3.63) is 46.4 Å². The number of hydrogen-bond donors (Lipinski definition) is 1. The number of nitrogens with one attached hydrogen (secondary N) is 1. The minimum absolute atomic E-state index is 0.0610. The van der Waals surface area contributed by atoms with Crippen molar-refractivity contribution in [2.45, 2.75) is 0 Å². The molecule has 1 N–H and O–H groups in total. The zero-order valence-corrected chi connectivity index (χ0v) is 8.51. The second kappa shape index (κ2) is 4.11. The van der Waals surface area contributed by atoms with E-state index in [4.69, 9.17) is 5.26 Å². The summed E-state index contributed by atoms with van der Waals surface area (Å²) in [5.41, 5.74) is 1.62. The van der Waals surface area contributed by atoms with Gasteiger partial charge in [-0.05, 0) is 29.6 Å². The van der Waals surface area contributed by atoms with Gasteiger partial charge < -0.3 is 5.32 Å². The van der Waals surface area contributed by atoms with Gasteiger partial charge in [-0.3, -0.25) is 0 Å². The number of hydrogen-bond acceptors (Lipinski definition) is 3. The molecule has 0 aliphatic rings. The highest BCUT2D eigenvalue weighted by atomic mass is 32.1. The fourth-order valence-corrected chi connectivity index (χ4v) is 1.77. The predicted molar refractivity (Wildman–Crippen MR) is 58.7 cm³/mol. The number of nitriles is 1. The van der Waals surface area contributed by atoms with Crippen LogP contribution in [0.4, 0.5) is 15.8 Å². The molecular weight excluding hydrogens is 211 g/mol. The monoisotopic (exact) mass is 218 g/mol. The Bertz CT molecular complexity index is 500. The first-order chi connectivity index (χ1) is 7.29. The second-order valence-electron chi connectivity index (χ2n) is 2.94. The van der Waals surface area contributed by atoms with Gasteiger partial charge in [0.1, 0.15) is 11.9 Å². The SMILES string of the molecule is N#Cc1ccc(Nc2ccsc2)cc1F. The molecule has 0 saturated carbocycles. The summed E-state index contributed by atoms with van der Waals surface area (Å²) >= 11 is 1.56. The average molecular weight is 218 g/mol. The van der Waals surface area contributed by atoms with Gasteiger partial charge in [0.2, 0.25) is 0 Å². The molecule has 2 nitrogen and oxygen atoms in total. The molecule has 0 saturated heterocycles. The molecule has 15 heavy (non-hydrogen) atoms. The summed E-state index contributed by atoms with van der Waals surface area (Å²) in [6.07, 6.45) is 0. The van der Waals surface area contributed by atoms with E-state index in [0.717, 1.165) is 5.69 Å². The first-order valence-electron chi connectivity index (χ1n) is 4.28. The minimum atomic E-state index is -0.502. The Hall–Kier alpha value is -1.86. The summed E-state index contributed by atoms with van der Waals surface area (Å²) in [5.74, 6) is -0.502. The molecule has 4 heteroatoms. The summed E-state index contributed by atoms with van der Waals surface area (Å²) in [6, 6.07) is 8.14. The van der Waals surface area contributed by atoms with Gasteiger partial charge in [0.15, 0.2) is 0 Å². The van der Waals surface area contributed by atoms with E-state index in [9.17, 15) is 4.39 Å². The van der Waals surface area contributed by atoms with E-state index in [1.54, 1.807) is 23.5 Å². The largest absolute Gasteiger partial charge is 0.355 e. The van der Waals surface area contributed by atoms with Gasteiger partial charge in [-0.15, -0.1) is 0 Å². The average Bonchev–Trinajstić information content (AvgIpc) is 2.71. The van der Waals surface area contributed by atoms with Crippen LogP contribution < -0.4 is 5.32 Å². The van der Waals surface area contributed by atoms with Crippen LogP contribution in [-0.4, -0.2) is 0 Å². The summed E-state index contributed by atoms with van der Waals surface area (Å²) < 4.78 is 13.2. The zero-order chi connectivity index (χ0) is 10.7. The van der Waals surface area contributed by atoms with Crippen molar-refractivity contribution < 1.29 is 4.39 Å². The van der Waals surface area contributed by atoms with Crippen LogP contribution in [0, 0.1) is 17.1 Å². The van der Waals surface area contributed by atoms with Crippen molar-refractivity contribution in [1.29, 1.82) is 5.26 Å². The van der Waals surface area contributed by atoms with Gasteiger partial charge in [0.05, 0.1) is 5.56 Å². The van der Waals surface area contributed by atoms with Crippen molar-refractivity contribution in [2.24, 2.45) is 0 Å². The summed E-state index contributed by atoms with van der Waals surface area (Å²) in [6.45, 7) is 0. The number of halogens is 1. The molecule has 0 aliphatic heterocycles. The topological polar surface area (TPSA) is 35.8 Å². The molecule has 0 fully saturated rings. The van der Waals surface area contributed by atoms with Crippen LogP contribution in [0.25, 0.3) is 0 Å². The lowest BCUT2D eigenvalue weighted by Gasteiger charge is -2.03. The molecular formula is C11H7FN2S. The Labute approximate surface area is 90.6 Å². The Morgan fingerprint density at radius 1 is 1.27 bits per heavy atom. The normalized spacial score (nSPS) is 9.60. The Kier molecular flexibility index (Phi) is 2.66. The predicted octanol–water partition coefficient (Wildman–Crippen LogP) is 3.50. The second-order valence-corrected chi connectivity index (χ2v) is 3.72. The number of nitrogens with zero attached hydrogens (tertiary/aromatic N) is 1. The number of benzene rings is 1. The molecule has 74 valence electrons. The van der Waals surface area contributed by atoms with E-state index in [1.807, 2.05) is 16.8 Å². The Morgan fingerprint density at radius 3 is 2.73 bits per heavy atom. The smallest absolute Gasteiger partial charge is 0.143 e. The van der Waals surface area contributed by atoms with Crippen LogP contribution >= 0.6 is 11.3 Å². The van der Waals surface area contributed by atoms with Crippen LogP contribution in [-0.2, 0) is 0 Å². The van der Waals surface area contributed by atoms with E-state index < -0.39 is 5.82 Å². The lowest BCUT2D eigenvalue weighted by Crippen LogP contribution is -1.90. The fraction of sp³-hybridized carbons (Fsp3) is 0. The van der Waals surface area contributed by atoms with Crippen molar-refractivity contribution in [2.75, 3.05) is 5.32 Å². The van der Waals surface area contributed by atoms with Crippen LogP contribution in [0.15, 0.2) is 35.0 Å². The molecule has 0 aliphatic carbocycles. The summed E-state index contributed by atoms with van der Waals surface area (Å²) in [7, 11) is 0. The van der Waals surface area contributed by atoms with Crippen molar-refractivity contribution in [1.82, 2.24) is 0 Å². The third-order valence-electron chi connectivity index (χ3n) is 1.90. The highest BCUT2D eigenvalue weighted by Crippen LogP contribution is 2.20. The van der Waals surface area contributed by atoms with Crippen LogP contribution in [0.5, 0.6) is 0 Å². The minimum Gasteiger partial charge on any atom is -0.355 e. The highest BCUT2D eigenvalue weighted by Gasteiger charge is 2.02. The lowest BCUT2D eigenvalue weighted by molar-refractivity contribution is 0.624. The maximum Gasteiger partial charge on any atom is 0.143 e. The molecule has 0 amide bonds. The molecule has 1 heterocycles. The van der Waals surface area contributed by atoms with Crippen molar-refractivity contribution >= 4 is 22.7 Å². The highest BCUT2D eigenvalue weighted by molar-refractivity contribution is 7.08. The Balaban J connectivity index is 2.24. The third kappa shape index (κ3) is 2.14. The van der Waals surface area contributed by atoms with Gasteiger partial charge in [-0.2, -0.15) is 16.6 Å². The molecule has 0 bridgehead atoms. The number of thiophene rings is 1. The van der Waals surface area contributed by atoms with Gasteiger partial charge in [-0.25, -0.2) is 4.39 Å². The Morgan fingerprint density at radius 2 is 2.13 bits per heavy atom. The van der Waals surface area contributed by atoms with Gasteiger partial charge in [0.25, 0.3) is 0 Å². The number of rotatable bonds is 2. The van der Waals surface area contributed by atoms with Crippen molar-refractivity contribution in [3.8, 4) is 6.07 Å². The molecule has 0 radical (unpaired) electrons. The molecule has 1 aromatic heterocycles. The molecule has 0 spiro atoms. The van der Waals surface area contributed by atoms with E-state index in [0.29, 0.717) is 5.69 Å². The first kappa shape index (κ1) is 9.69. The van der Waals surface area contributed by atoms with Crippen molar-refractivity contribution in [3.63, 3.8) is 0 Å². The van der Waals surface area contributed by atoms with Gasteiger partial charge in [-0.1, -0.05) is 0 Å². The lowest BCUT2D eigenvalue weighted by atomic mass is 10.2. The van der Waals surface area contributed by atoms with Crippen LogP contribution in [0.1, 0.15) is 5.56 Å². The molecule has 1 aromatic carbocycles. The maximum absolute atomic E-state index is 13.2. The molecule has 2 rings (SSSR count). The third-order valence-corrected chi connectivity index (χ3v) is 2.58. The zero-order valence-electron chi connectivity index (χ0n) is 7.70. The van der Waals surface area contributed by atoms with E-state index in [2.05, 4.69) is 5.32 Å². The van der Waals surface area contributed by atoms with Gasteiger partial charge in [0, 0.05) is 16.8 Å². The van der Waals surface area contributed by atoms with Crippen LogP contribution in [0.3, 0.4) is 0 Å². The van der Waals surface area contributed by atoms with Crippen LogP contribution in [0.2, 0.25) is 0 Å². The number of anilines is 2. The quantitative estimate of drug-likeness (QED) is 0.837.